The van der Waals surface area contributed by atoms with E-state index in [4.69, 9.17) is 52.1 Å². The maximum Gasteiger partial charge on any atom is 0.418 e. The van der Waals surface area contributed by atoms with E-state index < -0.39 is 113 Å². The lowest BCUT2D eigenvalue weighted by molar-refractivity contribution is -0.384. The third kappa shape index (κ3) is 15.2. The molecular formula is C55H80O18. The van der Waals surface area contributed by atoms with Crippen molar-refractivity contribution in [3.05, 3.63) is 60.2 Å². The zero-order valence-corrected chi connectivity index (χ0v) is 45.6. The van der Waals surface area contributed by atoms with Crippen LogP contribution in [0.3, 0.4) is 0 Å². The average molecular weight is 1030 g/mol. The molecule has 18 nitrogen and oxygen atoms in total. The van der Waals surface area contributed by atoms with E-state index in [0.717, 1.165) is 25.2 Å². The summed E-state index contributed by atoms with van der Waals surface area (Å²) in [6.07, 6.45) is -3.15. The first kappa shape index (κ1) is 60.4. The number of hydrogen-bond donors (Lipinski definition) is 0. The van der Waals surface area contributed by atoms with Gasteiger partial charge in [-0.05, 0) is 124 Å². The van der Waals surface area contributed by atoms with Gasteiger partial charge in [0.25, 0.3) is 11.2 Å². The van der Waals surface area contributed by atoms with Gasteiger partial charge in [0, 0.05) is 31.9 Å². The highest BCUT2D eigenvalue weighted by molar-refractivity contribution is 6.30. The van der Waals surface area contributed by atoms with Crippen LogP contribution in [0.25, 0.3) is 0 Å². The maximum absolute atomic E-state index is 15.9. The molecule has 11 atom stereocenters. The molecule has 4 rings (SSSR count). The topological polar surface area (TPSA) is 221 Å². The van der Waals surface area contributed by atoms with Crippen LogP contribution in [0.2, 0.25) is 0 Å². The molecule has 18 heteroatoms. The summed E-state index contributed by atoms with van der Waals surface area (Å²) < 4.78 is 67.9. The van der Waals surface area contributed by atoms with Gasteiger partial charge in [-0.2, -0.15) is 0 Å². The number of fused-ring (bicyclic) bond motifs is 2. The van der Waals surface area contributed by atoms with Crippen LogP contribution in [0, 0.1) is 17.8 Å². The van der Waals surface area contributed by atoms with E-state index in [1.54, 1.807) is 6.08 Å². The molecule has 0 aliphatic carbocycles. The third-order valence-electron chi connectivity index (χ3n) is 12.4. The van der Waals surface area contributed by atoms with Crippen LogP contribution in [0.15, 0.2) is 54.6 Å². The Labute approximate surface area is 430 Å². The molecule has 0 saturated carbocycles. The summed E-state index contributed by atoms with van der Waals surface area (Å²) in [5.74, 6) is -12.7. The van der Waals surface area contributed by atoms with E-state index in [1.807, 2.05) is 51.1 Å². The number of benzene rings is 1. The molecule has 0 radical (unpaired) electrons. The van der Waals surface area contributed by atoms with Gasteiger partial charge in [0.05, 0.1) is 7.11 Å². The Morgan fingerprint density at radius 3 is 2.00 bits per heavy atom. The lowest BCUT2D eigenvalue weighted by atomic mass is 9.73. The van der Waals surface area contributed by atoms with Crippen LogP contribution in [-0.2, 0) is 92.1 Å². The average Bonchev–Trinajstić information content (AvgIpc) is 3.51. The molecule has 73 heavy (non-hydrogen) atoms. The Morgan fingerprint density at radius 2 is 1.45 bits per heavy atom. The van der Waals surface area contributed by atoms with Gasteiger partial charge in [-0.15, -0.1) is 0 Å². The van der Waals surface area contributed by atoms with Crippen molar-refractivity contribution in [2.75, 3.05) is 13.7 Å². The zero-order chi connectivity index (χ0) is 54.9. The molecule has 1 aromatic rings. The largest absolute Gasteiger partial charge is 0.461 e. The first-order valence-electron chi connectivity index (χ1n) is 25.3. The van der Waals surface area contributed by atoms with Crippen LogP contribution in [0.1, 0.15) is 147 Å². The molecule has 2 bridgehead atoms. The van der Waals surface area contributed by atoms with Crippen molar-refractivity contribution in [1.29, 1.82) is 0 Å². The molecule has 3 aliphatic heterocycles. The Kier molecular flexibility index (Phi) is 20.2. The Hall–Kier alpha value is -5.17. The molecular weight excluding hydrogens is 949 g/mol. The Morgan fingerprint density at radius 1 is 0.836 bits per heavy atom. The summed E-state index contributed by atoms with van der Waals surface area (Å²) in [5, 5.41) is 0. The number of hydrogen-bond acceptors (Lipinski definition) is 18. The number of ether oxygens (including phenoxy) is 11. The molecule has 1 aromatic carbocycles. The first-order chi connectivity index (χ1) is 33.8. The number of carbonyl (C=O) groups is 7. The highest BCUT2D eigenvalue weighted by Gasteiger charge is 2.89. The van der Waals surface area contributed by atoms with E-state index in [-0.39, 0.29) is 31.3 Å². The molecule has 408 valence electrons. The molecule has 3 heterocycles. The van der Waals surface area contributed by atoms with Gasteiger partial charge in [0.15, 0.2) is 18.5 Å². The van der Waals surface area contributed by atoms with Gasteiger partial charge in [0.1, 0.15) is 22.9 Å². The van der Waals surface area contributed by atoms with E-state index in [0.29, 0.717) is 37.2 Å². The Balaban J connectivity index is 2.18. The molecule has 0 aromatic heterocycles. The van der Waals surface area contributed by atoms with Gasteiger partial charge in [-0.1, -0.05) is 77.1 Å². The van der Waals surface area contributed by atoms with Crippen molar-refractivity contribution in [3.63, 3.8) is 0 Å². The number of methoxy groups -OCH3 is 1. The smallest absolute Gasteiger partial charge is 0.418 e. The number of allylic oxidation sites excluding steroid dienone is 1. The fourth-order valence-corrected chi connectivity index (χ4v) is 9.17. The minimum absolute atomic E-state index is 0.155. The molecule has 3 saturated heterocycles. The maximum atomic E-state index is 15.9. The van der Waals surface area contributed by atoms with Crippen LogP contribution in [0.5, 0.6) is 0 Å². The summed E-state index contributed by atoms with van der Waals surface area (Å²) in [7, 11) is 0.858. The minimum atomic E-state index is -3.63. The van der Waals surface area contributed by atoms with Gasteiger partial charge < -0.3 is 52.1 Å². The third-order valence-corrected chi connectivity index (χ3v) is 12.4. The molecule has 0 amide bonds. The summed E-state index contributed by atoms with van der Waals surface area (Å²) in [5.41, 5.74) is -10.1. The SMILES string of the molecule is C=C(CC[C@]12O[C@H](C(=O)OC(C)(C)C)[C@@](OC(=O)C(=O)OC)(C(=O)OC(C)(C)C)[C@](C(=O)OC(C)(C)C)(O1)[C@H](OC(=O)/C=C/C(C)CC(C)CC)[C@H]2OC1CCCCO1)C(OC(C)=O)C(C)Cc1ccccc1. The number of rotatable bonds is 20. The van der Waals surface area contributed by atoms with Gasteiger partial charge >= 0.3 is 41.8 Å². The fraction of sp³-hybridized carbons (Fsp3) is 0.691. The highest BCUT2D eigenvalue weighted by Crippen LogP contribution is 2.60. The number of carbonyl (C=O) groups excluding carboxylic acids is 7. The van der Waals surface area contributed by atoms with E-state index in [9.17, 15) is 19.2 Å². The van der Waals surface area contributed by atoms with E-state index in [1.165, 1.54) is 69.2 Å². The minimum Gasteiger partial charge on any atom is -0.461 e. The van der Waals surface area contributed by atoms with Crippen molar-refractivity contribution in [1.82, 2.24) is 0 Å². The normalized spacial score (nSPS) is 26.8. The second-order valence-electron chi connectivity index (χ2n) is 22.5. The predicted octanol–water partition coefficient (Wildman–Crippen LogP) is 7.93. The molecule has 3 fully saturated rings. The first-order valence-corrected chi connectivity index (χ1v) is 25.3. The summed E-state index contributed by atoms with van der Waals surface area (Å²) in [6, 6.07) is 9.51. The van der Waals surface area contributed by atoms with E-state index >= 15 is 14.4 Å². The molecule has 0 spiro atoms. The monoisotopic (exact) mass is 1030 g/mol. The van der Waals surface area contributed by atoms with Crippen molar-refractivity contribution >= 4 is 41.8 Å². The quantitative estimate of drug-likeness (QED) is 0.0398. The van der Waals surface area contributed by atoms with Crippen molar-refractivity contribution in [3.8, 4) is 0 Å². The van der Waals surface area contributed by atoms with E-state index in [2.05, 4.69) is 13.5 Å². The van der Waals surface area contributed by atoms with Crippen LogP contribution >= 0.6 is 0 Å². The fourth-order valence-electron chi connectivity index (χ4n) is 9.17. The summed E-state index contributed by atoms with van der Waals surface area (Å²) in [4.78, 5) is 102. The lowest BCUT2D eigenvalue weighted by Crippen LogP contribution is -2.80. The zero-order valence-electron chi connectivity index (χ0n) is 45.6. The Bertz CT molecular complexity index is 2160. The number of esters is 7. The standard InChI is InChI=1S/C55H80O18/c1-17-33(2)31-34(3)26-27-39(57)66-43-42(67-40-25-21-22-30-64-40)53(29-28-35(4)41(65-37(6)56)36(5)32-38-23-19-18-20-24-38)68-44(45(58)69-50(7,8)9)54(48(61)71-51(10,11)12,70-47(60)46(59)63-16)55(43,73-53)49(62)72-52(13,14)15/h18-20,23-24,26-27,33-34,36,40-44H,4,17,21-22,25,28-32H2,1-3,5-16H3/b27-26+/t33?,34?,36?,40?,41?,42-,43-,44-,53+,54-,55+/m1/s1. The lowest BCUT2D eigenvalue weighted by Gasteiger charge is -2.52. The van der Waals surface area contributed by atoms with Crippen LogP contribution in [-0.4, -0.2) is 120 Å². The van der Waals surface area contributed by atoms with Crippen LogP contribution < -0.4 is 0 Å². The van der Waals surface area contributed by atoms with Crippen LogP contribution in [0.4, 0.5) is 0 Å². The summed E-state index contributed by atoms with van der Waals surface area (Å²) >= 11 is 0. The van der Waals surface area contributed by atoms with Crippen molar-refractivity contribution in [2.45, 2.75) is 213 Å². The van der Waals surface area contributed by atoms with Crippen molar-refractivity contribution < 1.29 is 85.7 Å². The van der Waals surface area contributed by atoms with Crippen molar-refractivity contribution in [2.24, 2.45) is 17.8 Å². The molecule has 5 unspecified atom stereocenters. The second kappa shape index (κ2) is 24.5. The highest BCUT2D eigenvalue weighted by atomic mass is 16.8. The van der Waals surface area contributed by atoms with Gasteiger partial charge in [0.2, 0.25) is 11.9 Å². The van der Waals surface area contributed by atoms with Gasteiger partial charge in [-0.25, -0.2) is 28.8 Å². The molecule has 3 aliphatic rings. The summed E-state index contributed by atoms with van der Waals surface area (Å²) in [6.45, 7) is 27.1. The second-order valence-corrected chi connectivity index (χ2v) is 22.5. The van der Waals surface area contributed by atoms with Gasteiger partial charge in [-0.3, -0.25) is 4.79 Å². The predicted molar refractivity (Wildman–Crippen MR) is 264 cm³/mol. The molecule has 0 N–H and O–H groups in total.